The van der Waals surface area contributed by atoms with Gasteiger partial charge >= 0.3 is 0 Å². The van der Waals surface area contributed by atoms with E-state index >= 15 is 0 Å². The van der Waals surface area contributed by atoms with Crippen LogP contribution < -0.4 is 10.5 Å². The van der Waals surface area contributed by atoms with E-state index in [1.54, 1.807) is 18.2 Å². The van der Waals surface area contributed by atoms with Gasteiger partial charge in [0, 0.05) is 42.1 Å². The van der Waals surface area contributed by atoms with Crippen LogP contribution in [0.15, 0.2) is 35.2 Å². The predicted octanol–water partition coefficient (Wildman–Crippen LogP) is 3.15. The number of nitrogens with one attached hydrogen (secondary N) is 1. The fourth-order valence-electron chi connectivity index (χ4n) is 4.14. The lowest BCUT2D eigenvalue weighted by atomic mass is 9.83. The number of hydrogen-bond donors (Lipinski definition) is 2. The van der Waals surface area contributed by atoms with Crippen molar-refractivity contribution < 1.29 is 17.9 Å². The molecule has 0 fully saturated rings. The first-order chi connectivity index (χ1) is 15.7. The van der Waals surface area contributed by atoms with E-state index in [-0.39, 0.29) is 24.0 Å². The zero-order chi connectivity index (χ0) is 24.0. The summed E-state index contributed by atoms with van der Waals surface area (Å²) in [7, 11) is -1.68. The largest absolute Gasteiger partial charge is 0.378 e. The van der Waals surface area contributed by atoms with E-state index in [4.69, 9.17) is 38.4 Å². The third-order valence-corrected chi connectivity index (χ3v) is 7.82. The number of likely N-dealkylation sites (N-methyl/N-ethyl adjacent to an activating group) is 1. The van der Waals surface area contributed by atoms with Crippen molar-refractivity contribution in [1.82, 2.24) is 9.62 Å². The molecule has 3 N–H and O–H groups in total. The molecule has 1 heterocycles. The van der Waals surface area contributed by atoms with E-state index in [1.165, 1.54) is 0 Å². The highest BCUT2D eigenvalue weighted by atomic mass is 35.5. The zero-order valence-electron chi connectivity index (χ0n) is 18.9. The maximum Gasteiger partial charge on any atom is 0.240 e. The summed E-state index contributed by atoms with van der Waals surface area (Å²) >= 11 is 12.8. The van der Waals surface area contributed by atoms with Crippen molar-refractivity contribution >= 4 is 33.2 Å². The average molecular weight is 516 g/mol. The van der Waals surface area contributed by atoms with Crippen LogP contribution in [0.4, 0.5) is 0 Å². The van der Waals surface area contributed by atoms with Gasteiger partial charge in [-0.2, -0.15) is 0 Å². The second-order valence-corrected chi connectivity index (χ2v) is 10.7. The van der Waals surface area contributed by atoms with Crippen LogP contribution in [0.25, 0.3) is 0 Å². The molecular formula is C23H31Cl2N3O4S. The Morgan fingerprint density at radius 3 is 2.58 bits per heavy atom. The molecule has 0 amide bonds. The standard InChI is InChI=1S/C23H31Cl2N3O4S/c1-16-18(20-14-28(2)15-21-19(20)12-17(24)13-22(21)25)4-3-5-23(16)33(29,30)27-7-9-32-11-10-31-8-6-26/h3-5,12-13,20,27H,6-11,14-15,26H2,1-2H3/t20-/m0/s1. The Labute approximate surface area is 206 Å². The Kier molecular flexibility index (Phi) is 9.55. The third kappa shape index (κ3) is 6.68. The van der Waals surface area contributed by atoms with Gasteiger partial charge in [-0.3, -0.25) is 0 Å². The maximum absolute atomic E-state index is 13.0. The third-order valence-electron chi connectivity index (χ3n) is 5.66. The van der Waals surface area contributed by atoms with Crippen molar-refractivity contribution in [3.8, 4) is 0 Å². The first-order valence-corrected chi connectivity index (χ1v) is 13.1. The number of rotatable bonds is 11. The SMILES string of the molecule is Cc1c([C@@H]2CN(C)Cc3c(Cl)cc(Cl)cc32)cccc1S(=O)(=O)NCCOCCOCCN. The highest BCUT2D eigenvalue weighted by Gasteiger charge is 2.29. The molecule has 7 nitrogen and oxygen atoms in total. The summed E-state index contributed by atoms with van der Waals surface area (Å²) in [6.07, 6.45) is 0. The topological polar surface area (TPSA) is 93.9 Å². The molecule has 33 heavy (non-hydrogen) atoms. The molecule has 1 aliphatic heterocycles. The molecule has 2 aromatic carbocycles. The average Bonchev–Trinajstić information content (AvgIpc) is 2.76. The quantitative estimate of drug-likeness (QED) is 0.446. The van der Waals surface area contributed by atoms with Gasteiger partial charge in [-0.15, -0.1) is 0 Å². The lowest BCUT2D eigenvalue weighted by molar-refractivity contribution is 0.0530. The lowest BCUT2D eigenvalue weighted by Crippen LogP contribution is -2.32. The van der Waals surface area contributed by atoms with Crippen LogP contribution in [-0.4, -0.2) is 66.4 Å². The van der Waals surface area contributed by atoms with Crippen LogP contribution in [0.5, 0.6) is 0 Å². The van der Waals surface area contributed by atoms with Crippen LogP contribution in [0.2, 0.25) is 10.0 Å². The van der Waals surface area contributed by atoms with Crippen molar-refractivity contribution in [3.63, 3.8) is 0 Å². The zero-order valence-corrected chi connectivity index (χ0v) is 21.3. The van der Waals surface area contributed by atoms with Crippen molar-refractivity contribution in [3.05, 3.63) is 62.6 Å². The van der Waals surface area contributed by atoms with Crippen LogP contribution in [0, 0.1) is 6.92 Å². The fraction of sp³-hybridized carbons (Fsp3) is 0.478. The monoisotopic (exact) mass is 515 g/mol. The summed E-state index contributed by atoms with van der Waals surface area (Å²) in [5.74, 6) is -0.0399. The van der Waals surface area contributed by atoms with Crippen LogP contribution >= 0.6 is 23.2 Å². The van der Waals surface area contributed by atoms with Gasteiger partial charge in [-0.25, -0.2) is 13.1 Å². The number of nitrogens with zero attached hydrogens (tertiary/aromatic N) is 1. The molecule has 0 spiro atoms. The van der Waals surface area contributed by atoms with Gasteiger partial charge < -0.3 is 20.1 Å². The molecular weight excluding hydrogens is 485 g/mol. The number of halogens is 2. The Bertz CT molecular complexity index is 1070. The molecule has 0 saturated heterocycles. The fourth-order valence-corrected chi connectivity index (χ4v) is 6.00. The van der Waals surface area contributed by atoms with Gasteiger partial charge in [-0.1, -0.05) is 35.3 Å². The minimum atomic E-state index is -3.70. The summed E-state index contributed by atoms with van der Waals surface area (Å²) in [6.45, 7) is 5.47. The van der Waals surface area contributed by atoms with E-state index in [1.807, 2.05) is 26.1 Å². The normalized spacial score (nSPS) is 16.7. The summed E-state index contributed by atoms with van der Waals surface area (Å²) < 4.78 is 39.3. The van der Waals surface area contributed by atoms with E-state index < -0.39 is 10.0 Å². The minimum absolute atomic E-state index is 0.0399. The lowest BCUT2D eigenvalue weighted by Gasteiger charge is -2.34. The van der Waals surface area contributed by atoms with Crippen LogP contribution in [0.1, 0.15) is 28.2 Å². The van der Waals surface area contributed by atoms with Crippen molar-refractivity contribution in [1.29, 1.82) is 0 Å². The Morgan fingerprint density at radius 2 is 1.85 bits per heavy atom. The van der Waals surface area contributed by atoms with Gasteiger partial charge in [0.1, 0.15) is 0 Å². The molecule has 0 unspecified atom stereocenters. The molecule has 0 radical (unpaired) electrons. The van der Waals surface area contributed by atoms with Crippen molar-refractivity contribution in [2.24, 2.45) is 5.73 Å². The Hall–Kier alpha value is -1.23. The van der Waals surface area contributed by atoms with Crippen LogP contribution in [0.3, 0.4) is 0 Å². The van der Waals surface area contributed by atoms with E-state index in [0.717, 1.165) is 29.8 Å². The number of fused-ring (bicyclic) bond motifs is 1. The first-order valence-electron chi connectivity index (χ1n) is 10.9. The van der Waals surface area contributed by atoms with E-state index in [9.17, 15) is 8.42 Å². The Morgan fingerprint density at radius 1 is 1.12 bits per heavy atom. The molecule has 0 bridgehead atoms. The highest BCUT2D eigenvalue weighted by Crippen LogP contribution is 2.40. The second kappa shape index (κ2) is 12.0. The van der Waals surface area contributed by atoms with Gasteiger partial charge in [0.2, 0.25) is 10.0 Å². The minimum Gasteiger partial charge on any atom is -0.378 e. The molecule has 10 heteroatoms. The van der Waals surface area contributed by atoms with Crippen LogP contribution in [-0.2, 0) is 26.0 Å². The van der Waals surface area contributed by atoms with Gasteiger partial charge in [0.15, 0.2) is 0 Å². The van der Waals surface area contributed by atoms with Gasteiger partial charge in [-0.05, 0) is 54.4 Å². The number of sulfonamides is 1. The molecule has 3 rings (SSSR count). The van der Waals surface area contributed by atoms with Gasteiger partial charge in [0.25, 0.3) is 0 Å². The molecule has 1 atom stereocenters. The molecule has 2 aromatic rings. The number of nitrogens with two attached hydrogens (primary N) is 1. The van der Waals surface area contributed by atoms with E-state index in [2.05, 4.69) is 9.62 Å². The maximum atomic E-state index is 13.0. The summed E-state index contributed by atoms with van der Waals surface area (Å²) in [4.78, 5) is 2.44. The summed E-state index contributed by atoms with van der Waals surface area (Å²) in [6, 6.07) is 9.07. The van der Waals surface area contributed by atoms with Gasteiger partial charge in [0.05, 0.1) is 31.3 Å². The Balaban J connectivity index is 1.76. The summed E-state index contributed by atoms with van der Waals surface area (Å²) in [5.41, 5.74) is 9.07. The highest BCUT2D eigenvalue weighted by molar-refractivity contribution is 7.89. The number of hydrogen-bond acceptors (Lipinski definition) is 6. The molecule has 0 saturated carbocycles. The molecule has 1 aliphatic rings. The van der Waals surface area contributed by atoms with E-state index in [0.29, 0.717) is 42.0 Å². The van der Waals surface area contributed by atoms with Crippen molar-refractivity contribution in [2.75, 3.05) is 53.1 Å². The molecule has 0 aromatic heterocycles. The summed E-state index contributed by atoms with van der Waals surface area (Å²) in [5, 5.41) is 1.20. The number of ether oxygens (including phenoxy) is 2. The first kappa shape index (κ1) is 26.4. The smallest absolute Gasteiger partial charge is 0.240 e. The predicted molar refractivity (Wildman–Crippen MR) is 132 cm³/mol. The van der Waals surface area contributed by atoms with Crippen molar-refractivity contribution in [2.45, 2.75) is 24.3 Å². The molecule has 182 valence electrons. The molecule has 0 aliphatic carbocycles. The second-order valence-electron chi connectivity index (χ2n) is 8.09. The number of benzene rings is 2.